The first-order valence-electron chi connectivity index (χ1n) is 7.40. The Morgan fingerprint density at radius 1 is 1.29 bits per heavy atom. The second-order valence-electron chi connectivity index (χ2n) is 5.85. The molecule has 1 heterocycles. The van der Waals surface area contributed by atoms with Crippen LogP contribution in [0.2, 0.25) is 4.34 Å². The zero-order valence-electron chi connectivity index (χ0n) is 12.5. The van der Waals surface area contributed by atoms with Crippen molar-refractivity contribution >= 4 is 28.6 Å². The van der Waals surface area contributed by atoms with Gasteiger partial charge in [-0.05, 0) is 43.5 Å². The molecule has 1 N–H and O–H groups in total. The highest BCUT2D eigenvalue weighted by molar-refractivity contribution is 7.16. The average molecular weight is 321 g/mol. The van der Waals surface area contributed by atoms with Crippen LogP contribution in [0.3, 0.4) is 0 Å². The Hall–Kier alpha value is -1.03. The second-order valence-corrected chi connectivity index (χ2v) is 7.65. The van der Waals surface area contributed by atoms with Crippen LogP contribution >= 0.6 is 22.9 Å². The summed E-state index contributed by atoms with van der Waals surface area (Å²) < 4.78 is 0.859. The summed E-state index contributed by atoms with van der Waals surface area (Å²) in [6.45, 7) is 4.01. The molecule has 0 bridgehead atoms. The van der Waals surface area contributed by atoms with Crippen LogP contribution in [0.1, 0.15) is 28.8 Å². The van der Waals surface area contributed by atoms with Gasteiger partial charge in [-0.1, -0.05) is 29.3 Å². The largest absolute Gasteiger partial charge is 0.369 e. The minimum absolute atomic E-state index is 0.736. The normalized spacial score (nSPS) is 14.4. The highest BCUT2D eigenvalue weighted by Gasteiger charge is 2.21. The van der Waals surface area contributed by atoms with E-state index in [1.807, 2.05) is 6.07 Å². The molecule has 4 heteroatoms. The zero-order chi connectivity index (χ0) is 14.8. The van der Waals surface area contributed by atoms with E-state index >= 15 is 0 Å². The summed E-state index contributed by atoms with van der Waals surface area (Å²) in [7, 11) is 2.15. The van der Waals surface area contributed by atoms with Crippen molar-refractivity contribution in [2.45, 2.75) is 38.9 Å². The lowest BCUT2D eigenvalue weighted by Gasteiger charge is -2.22. The van der Waals surface area contributed by atoms with Crippen molar-refractivity contribution in [2.24, 2.45) is 0 Å². The molecule has 0 saturated heterocycles. The van der Waals surface area contributed by atoms with Gasteiger partial charge in [0.1, 0.15) is 0 Å². The van der Waals surface area contributed by atoms with Gasteiger partial charge >= 0.3 is 0 Å². The van der Waals surface area contributed by atoms with Crippen LogP contribution in [-0.4, -0.2) is 13.1 Å². The van der Waals surface area contributed by atoms with Crippen LogP contribution in [0.5, 0.6) is 0 Å². The van der Waals surface area contributed by atoms with Crippen molar-refractivity contribution in [3.05, 3.63) is 50.7 Å². The Morgan fingerprint density at radius 2 is 2.10 bits per heavy atom. The Balaban J connectivity index is 1.75. The lowest BCUT2D eigenvalue weighted by atomic mass is 10.1. The molecular formula is C17H21ClN2S. The first kappa shape index (κ1) is 14.9. The maximum absolute atomic E-state index is 6.02. The van der Waals surface area contributed by atoms with Crippen molar-refractivity contribution < 1.29 is 0 Å². The van der Waals surface area contributed by atoms with Crippen molar-refractivity contribution in [3.8, 4) is 0 Å². The first-order chi connectivity index (χ1) is 10.1. The average Bonchev–Trinajstić information content (AvgIpc) is 3.19. The zero-order valence-corrected chi connectivity index (χ0v) is 14.1. The number of hydrogen-bond acceptors (Lipinski definition) is 3. The lowest BCUT2D eigenvalue weighted by Crippen LogP contribution is -2.21. The standard InChI is InChI=1S/C17H21ClN2S/c1-12-3-7-16(13(9-12)10-19-14-4-5-14)20(2)11-15-6-8-17(18)21-15/h3,6-9,14,19H,4-5,10-11H2,1-2H3. The Morgan fingerprint density at radius 3 is 2.76 bits per heavy atom. The molecule has 2 nitrogen and oxygen atoms in total. The lowest BCUT2D eigenvalue weighted by molar-refractivity contribution is 0.685. The molecule has 0 amide bonds. The van der Waals surface area contributed by atoms with Crippen molar-refractivity contribution in [1.82, 2.24) is 5.32 Å². The summed E-state index contributed by atoms with van der Waals surface area (Å²) in [5.41, 5.74) is 4.00. The molecular weight excluding hydrogens is 300 g/mol. The van der Waals surface area contributed by atoms with Gasteiger partial charge in [0.2, 0.25) is 0 Å². The smallest absolute Gasteiger partial charge is 0.0931 e. The topological polar surface area (TPSA) is 15.3 Å². The fraction of sp³-hybridized carbons (Fsp3) is 0.412. The van der Waals surface area contributed by atoms with E-state index in [-0.39, 0.29) is 0 Å². The van der Waals surface area contributed by atoms with Gasteiger partial charge in [0.25, 0.3) is 0 Å². The van der Waals surface area contributed by atoms with Gasteiger partial charge in [-0.25, -0.2) is 0 Å². The number of anilines is 1. The molecule has 0 spiro atoms. The summed E-state index contributed by atoms with van der Waals surface area (Å²) in [6, 6.07) is 11.5. The third kappa shape index (κ3) is 4.00. The van der Waals surface area contributed by atoms with E-state index in [2.05, 4.69) is 48.5 Å². The number of aryl methyl sites for hydroxylation is 1. The predicted octanol–water partition coefficient (Wildman–Crippen LogP) is 4.60. The monoisotopic (exact) mass is 320 g/mol. The molecule has 21 heavy (non-hydrogen) atoms. The SMILES string of the molecule is Cc1ccc(N(C)Cc2ccc(Cl)s2)c(CNC2CC2)c1. The van der Waals surface area contributed by atoms with E-state index in [9.17, 15) is 0 Å². The van der Waals surface area contributed by atoms with Gasteiger partial charge in [-0.15, -0.1) is 11.3 Å². The van der Waals surface area contributed by atoms with Crippen LogP contribution in [0.25, 0.3) is 0 Å². The van der Waals surface area contributed by atoms with E-state index in [4.69, 9.17) is 11.6 Å². The number of hydrogen-bond donors (Lipinski definition) is 1. The quantitative estimate of drug-likeness (QED) is 0.837. The van der Waals surface area contributed by atoms with E-state index in [0.717, 1.165) is 23.5 Å². The molecule has 1 fully saturated rings. The number of nitrogens with zero attached hydrogens (tertiary/aromatic N) is 1. The van der Waals surface area contributed by atoms with E-state index in [1.54, 1.807) is 11.3 Å². The van der Waals surface area contributed by atoms with Crippen LogP contribution in [-0.2, 0) is 13.1 Å². The number of thiophene rings is 1. The molecule has 2 aromatic rings. The molecule has 1 aromatic heterocycles. The van der Waals surface area contributed by atoms with E-state index in [1.165, 1.54) is 34.5 Å². The second kappa shape index (κ2) is 6.39. The number of benzene rings is 1. The first-order valence-corrected chi connectivity index (χ1v) is 8.59. The third-order valence-electron chi connectivity index (χ3n) is 3.83. The Kier molecular flexibility index (Phi) is 4.53. The van der Waals surface area contributed by atoms with E-state index in [0.29, 0.717) is 0 Å². The highest BCUT2D eigenvalue weighted by Crippen LogP contribution is 2.27. The Bertz CT molecular complexity index is 619. The molecule has 0 unspecified atom stereocenters. The minimum atomic E-state index is 0.736. The summed E-state index contributed by atoms with van der Waals surface area (Å²) >= 11 is 7.68. The van der Waals surface area contributed by atoms with Gasteiger partial charge in [-0.2, -0.15) is 0 Å². The highest BCUT2D eigenvalue weighted by atomic mass is 35.5. The number of nitrogens with one attached hydrogen (secondary N) is 1. The van der Waals surface area contributed by atoms with E-state index < -0.39 is 0 Å². The summed E-state index contributed by atoms with van der Waals surface area (Å²) in [5, 5.41) is 3.62. The fourth-order valence-electron chi connectivity index (χ4n) is 2.53. The van der Waals surface area contributed by atoms with Gasteiger partial charge in [-0.3, -0.25) is 0 Å². The molecule has 112 valence electrons. The molecule has 1 saturated carbocycles. The maximum atomic E-state index is 6.02. The molecule has 0 aliphatic heterocycles. The summed E-state index contributed by atoms with van der Waals surface area (Å²) in [4.78, 5) is 3.61. The molecule has 1 aliphatic rings. The number of halogens is 1. The van der Waals surface area contributed by atoms with Gasteiger partial charge in [0.05, 0.1) is 10.9 Å². The van der Waals surface area contributed by atoms with Crippen molar-refractivity contribution in [3.63, 3.8) is 0 Å². The van der Waals surface area contributed by atoms with Crippen molar-refractivity contribution in [1.29, 1.82) is 0 Å². The van der Waals surface area contributed by atoms with Gasteiger partial charge in [0, 0.05) is 30.2 Å². The molecule has 1 aromatic carbocycles. The maximum Gasteiger partial charge on any atom is 0.0931 e. The van der Waals surface area contributed by atoms with Crippen LogP contribution in [0, 0.1) is 6.92 Å². The Labute approximate surface area is 135 Å². The van der Waals surface area contributed by atoms with Gasteiger partial charge in [0.15, 0.2) is 0 Å². The summed E-state index contributed by atoms with van der Waals surface area (Å²) in [5.74, 6) is 0. The van der Waals surface area contributed by atoms with Crippen LogP contribution in [0.15, 0.2) is 30.3 Å². The third-order valence-corrected chi connectivity index (χ3v) is 5.04. The van der Waals surface area contributed by atoms with Crippen molar-refractivity contribution in [2.75, 3.05) is 11.9 Å². The molecule has 3 rings (SSSR count). The van der Waals surface area contributed by atoms with Crippen LogP contribution in [0.4, 0.5) is 5.69 Å². The fourth-order valence-corrected chi connectivity index (χ4v) is 3.67. The minimum Gasteiger partial charge on any atom is -0.369 e. The molecule has 1 aliphatic carbocycles. The molecule has 0 atom stereocenters. The summed E-state index contributed by atoms with van der Waals surface area (Å²) in [6.07, 6.45) is 2.65. The molecule has 0 radical (unpaired) electrons. The van der Waals surface area contributed by atoms with Crippen LogP contribution < -0.4 is 10.2 Å². The van der Waals surface area contributed by atoms with Gasteiger partial charge < -0.3 is 10.2 Å². The number of rotatable bonds is 6. The predicted molar refractivity (Wildman–Crippen MR) is 92.5 cm³/mol.